The normalized spacial score (nSPS) is 18.3. The molecule has 0 unspecified atom stereocenters. The first-order valence-corrected chi connectivity index (χ1v) is 12.8. The van der Waals surface area contributed by atoms with Gasteiger partial charge in [0.1, 0.15) is 5.78 Å². The van der Waals surface area contributed by atoms with Gasteiger partial charge in [0.15, 0.2) is 0 Å². The topological polar surface area (TPSA) is 81.7 Å². The van der Waals surface area contributed by atoms with Crippen LogP contribution >= 0.6 is 0 Å². The molecule has 0 saturated carbocycles. The zero-order valence-electron chi connectivity index (χ0n) is 21.8. The lowest BCUT2D eigenvalue weighted by molar-refractivity contribution is -0.137. The van der Waals surface area contributed by atoms with Gasteiger partial charge in [-0.25, -0.2) is 0 Å². The summed E-state index contributed by atoms with van der Waals surface area (Å²) in [6.07, 6.45) is -1.54. The summed E-state index contributed by atoms with van der Waals surface area (Å²) in [6, 6.07) is 15.0. The molecule has 1 atom stereocenters. The van der Waals surface area contributed by atoms with Crippen molar-refractivity contribution in [1.29, 1.82) is 0 Å². The zero-order chi connectivity index (χ0) is 27.7. The lowest BCUT2D eigenvalue weighted by atomic mass is 10.0. The number of benzene rings is 2. The van der Waals surface area contributed by atoms with Crippen LogP contribution < -0.4 is 15.5 Å². The fourth-order valence-electron chi connectivity index (χ4n) is 4.74. The quantitative estimate of drug-likeness (QED) is 0.590. The summed E-state index contributed by atoms with van der Waals surface area (Å²) in [5.41, 5.74) is 0.224. The SMILES string of the molecule is CC(C)=O.O=C(CNC(=O)c1cccc(C(F)(F)F)c1)N[C@@H]1CCN(C2CCN(c3ccccc3)CC2)C1. The molecule has 0 aliphatic carbocycles. The average Bonchev–Trinajstić information content (AvgIpc) is 3.35. The van der Waals surface area contributed by atoms with Gasteiger partial charge in [0.2, 0.25) is 5.91 Å². The molecule has 0 aromatic heterocycles. The number of rotatable bonds is 6. The van der Waals surface area contributed by atoms with Gasteiger partial charge in [-0.05, 0) is 63.4 Å². The van der Waals surface area contributed by atoms with Crippen LogP contribution in [0.3, 0.4) is 0 Å². The van der Waals surface area contributed by atoms with Gasteiger partial charge in [0.05, 0.1) is 12.1 Å². The second-order valence-electron chi connectivity index (χ2n) is 9.77. The van der Waals surface area contributed by atoms with Crippen molar-refractivity contribution in [3.63, 3.8) is 0 Å². The van der Waals surface area contributed by atoms with Crippen LogP contribution in [0.15, 0.2) is 54.6 Å². The monoisotopic (exact) mass is 532 g/mol. The molecule has 2 aliphatic heterocycles. The van der Waals surface area contributed by atoms with Crippen LogP contribution in [0.2, 0.25) is 0 Å². The highest BCUT2D eigenvalue weighted by atomic mass is 19.4. The highest BCUT2D eigenvalue weighted by Gasteiger charge is 2.32. The number of likely N-dealkylation sites (tertiary alicyclic amines) is 1. The predicted molar refractivity (Wildman–Crippen MR) is 140 cm³/mol. The van der Waals surface area contributed by atoms with Crippen molar-refractivity contribution in [2.24, 2.45) is 0 Å². The number of ketones is 1. The summed E-state index contributed by atoms with van der Waals surface area (Å²) in [4.78, 5) is 38.8. The van der Waals surface area contributed by atoms with Gasteiger partial charge in [-0.3, -0.25) is 14.5 Å². The van der Waals surface area contributed by atoms with E-state index >= 15 is 0 Å². The molecule has 0 radical (unpaired) electrons. The highest BCUT2D eigenvalue weighted by Crippen LogP contribution is 2.29. The maximum Gasteiger partial charge on any atom is 0.416 e. The van der Waals surface area contributed by atoms with E-state index in [4.69, 9.17) is 0 Å². The number of alkyl halides is 3. The third-order valence-corrected chi connectivity index (χ3v) is 6.55. The standard InChI is InChI=1S/C25H29F3N4O2.C3H6O/c26-25(27,28)19-6-4-5-18(15-19)24(34)29-16-23(33)30-20-9-12-32(17-20)22-10-13-31(14-11-22)21-7-2-1-3-8-21;1-3(2)4/h1-8,15,20,22H,9-14,16-17H2,(H,29,34)(H,30,33);1-2H3/t20-;/m1./s1. The Labute approximate surface area is 221 Å². The Morgan fingerprint density at radius 1 is 0.921 bits per heavy atom. The Morgan fingerprint density at radius 3 is 2.21 bits per heavy atom. The van der Waals surface area contributed by atoms with Crippen molar-refractivity contribution in [3.05, 3.63) is 65.7 Å². The van der Waals surface area contributed by atoms with E-state index in [0.29, 0.717) is 6.04 Å². The third-order valence-electron chi connectivity index (χ3n) is 6.55. The third kappa shape index (κ3) is 8.86. The van der Waals surface area contributed by atoms with E-state index in [1.807, 2.05) is 6.07 Å². The average molecular weight is 533 g/mol. The van der Waals surface area contributed by atoms with E-state index in [0.717, 1.165) is 57.6 Å². The van der Waals surface area contributed by atoms with E-state index in [2.05, 4.69) is 44.7 Å². The van der Waals surface area contributed by atoms with Crippen molar-refractivity contribution in [1.82, 2.24) is 15.5 Å². The number of amides is 2. The van der Waals surface area contributed by atoms with E-state index in [1.165, 1.54) is 31.7 Å². The molecular weight excluding hydrogens is 497 g/mol. The van der Waals surface area contributed by atoms with Crippen molar-refractivity contribution < 1.29 is 27.6 Å². The number of hydrogen-bond acceptors (Lipinski definition) is 5. The number of carbonyl (C=O) groups is 3. The van der Waals surface area contributed by atoms with Gasteiger partial charge in [-0.1, -0.05) is 24.3 Å². The minimum Gasteiger partial charge on any atom is -0.371 e. The number of para-hydroxylation sites is 1. The Balaban J connectivity index is 0.000000934. The van der Waals surface area contributed by atoms with Crippen molar-refractivity contribution >= 4 is 23.3 Å². The van der Waals surface area contributed by atoms with Crippen molar-refractivity contribution in [3.8, 4) is 0 Å². The first kappa shape index (κ1) is 29.2. The molecule has 2 aromatic rings. The number of hydrogen-bond donors (Lipinski definition) is 2. The Hall–Kier alpha value is -3.40. The first-order valence-electron chi connectivity index (χ1n) is 12.8. The lowest BCUT2D eigenvalue weighted by Crippen LogP contribution is -2.46. The highest BCUT2D eigenvalue weighted by molar-refractivity contribution is 5.96. The Morgan fingerprint density at radius 2 is 1.58 bits per heavy atom. The van der Waals surface area contributed by atoms with Gasteiger partial charge in [0.25, 0.3) is 5.91 Å². The van der Waals surface area contributed by atoms with Crippen molar-refractivity contribution in [2.75, 3.05) is 37.6 Å². The summed E-state index contributed by atoms with van der Waals surface area (Å²) in [5.74, 6) is -0.884. The summed E-state index contributed by atoms with van der Waals surface area (Å²) in [7, 11) is 0. The van der Waals surface area contributed by atoms with Crippen LogP contribution in [-0.2, 0) is 15.8 Å². The summed E-state index contributed by atoms with van der Waals surface area (Å²) in [5, 5.41) is 5.35. The molecule has 4 rings (SSSR count). The zero-order valence-corrected chi connectivity index (χ0v) is 21.8. The molecule has 2 fully saturated rings. The predicted octanol–water partition coefficient (Wildman–Crippen LogP) is 3.89. The molecule has 0 bridgehead atoms. The summed E-state index contributed by atoms with van der Waals surface area (Å²) < 4.78 is 38.5. The van der Waals surface area contributed by atoms with Crippen LogP contribution in [0.25, 0.3) is 0 Å². The molecule has 206 valence electrons. The van der Waals surface area contributed by atoms with Gasteiger partial charge in [0, 0.05) is 49.5 Å². The van der Waals surface area contributed by atoms with Crippen LogP contribution in [-0.4, -0.2) is 67.3 Å². The van der Waals surface area contributed by atoms with Crippen molar-refractivity contribution in [2.45, 2.75) is 51.4 Å². The fourth-order valence-corrected chi connectivity index (χ4v) is 4.74. The molecule has 2 aliphatic rings. The molecule has 10 heteroatoms. The smallest absolute Gasteiger partial charge is 0.371 e. The van der Waals surface area contributed by atoms with Crippen LogP contribution in [0.1, 0.15) is 49.0 Å². The number of nitrogens with zero attached hydrogens (tertiary/aromatic N) is 2. The van der Waals surface area contributed by atoms with Gasteiger partial charge in [-0.2, -0.15) is 13.2 Å². The molecular formula is C28H35F3N4O3. The molecule has 2 heterocycles. The molecule has 2 saturated heterocycles. The first-order chi connectivity index (χ1) is 18.0. The van der Waals surface area contributed by atoms with E-state index < -0.39 is 17.6 Å². The Bertz CT molecular complexity index is 1080. The molecule has 2 N–H and O–H groups in total. The maximum absolute atomic E-state index is 12.8. The number of Topliss-reactive ketones (excluding diaryl/α,β-unsaturated/α-hetero) is 1. The number of nitrogens with one attached hydrogen (secondary N) is 2. The summed E-state index contributed by atoms with van der Waals surface area (Å²) >= 11 is 0. The molecule has 7 nitrogen and oxygen atoms in total. The van der Waals surface area contributed by atoms with E-state index in [-0.39, 0.29) is 29.8 Å². The number of carbonyl (C=O) groups excluding carboxylic acids is 3. The summed E-state index contributed by atoms with van der Waals surface area (Å²) in [6.45, 7) is 6.47. The molecule has 2 amide bonds. The van der Waals surface area contributed by atoms with Gasteiger partial charge >= 0.3 is 6.18 Å². The van der Waals surface area contributed by atoms with E-state index in [1.54, 1.807) is 0 Å². The van der Waals surface area contributed by atoms with E-state index in [9.17, 15) is 27.6 Å². The number of halogens is 3. The Kier molecular flexibility index (Phi) is 10.3. The second-order valence-corrected chi connectivity index (χ2v) is 9.77. The van der Waals surface area contributed by atoms with Gasteiger partial charge in [-0.15, -0.1) is 0 Å². The number of anilines is 1. The lowest BCUT2D eigenvalue weighted by Gasteiger charge is -2.38. The molecule has 0 spiro atoms. The second kappa shape index (κ2) is 13.4. The molecule has 2 aromatic carbocycles. The largest absolute Gasteiger partial charge is 0.416 e. The minimum atomic E-state index is -4.53. The van der Waals surface area contributed by atoms with Crippen LogP contribution in [0.4, 0.5) is 18.9 Å². The number of piperidine rings is 1. The van der Waals surface area contributed by atoms with Crippen LogP contribution in [0, 0.1) is 0 Å². The molecule has 38 heavy (non-hydrogen) atoms. The minimum absolute atomic E-state index is 0.00473. The van der Waals surface area contributed by atoms with Crippen LogP contribution in [0.5, 0.6) is 0 Å². The van der Waals surface area contributed by atoms with Gasteiger partial charge < -0.3 is 20.3 Å². The fraction of sp³-hybridized carbons (Fsp3) is 0.464. The maximum atomic E-state index is 12.8.